The molecule has 1 rings (SSSR count). The molecule has 0 saturated heterocycles. The van der Waals surface area contributed by atoms with Crippen LogP contribution in [0.1, 0.15) is 23.2 Å². The first-order valence-electron chi connectivity index (χ1n) is 5.17. The lowest BCUT2D eigenvalue weighted by molar-refractivity contribution is -0.757. The van der Waals surface area contributed by atoms with Crippen molar-refractivity contribution < 1.29 is 19.5 Å². The predicted octanol–water partition coefficient (Wildman–Crippen LogP) is 1.87. The maximum Gasteiger partial charge on any atom is 0.294 e. The van der Waals surface area contributed by atoms with Crippen LogP contribution < -0.4 is 4.74 Å². The van der Waals surface area contributed by atoms with Crippen LogP contribution in [0.5, 0.6) is 5.75 Å². The summed E-state index contributed by atoms with van der Waals surface area (Å²) in [4.78, 5) is 24.4. The minimum atomic E-state index is -0.807. The molecule has 0 aliphatic carbocycles. The van der Waals surface area contributed by atoms with Crippen LogP contribution >= 0.6 is 0 Å². The molecule has 1 aromatic carbocycles. The van der Waals surface area contributed by atoms with E-state index in [4.69, 9.17) is 4.74 Å². The van der Waals surface area contributed by atoms with E-state index in [-0.39, 0.29) is 6.61 Å². The summed E-state index contributed by atoms with van der Waals surface area (Å²) in [6.07, 6.45) is 2.00. The average molecular weight is 239 g/mol. The van der Waals surface area contributed by atoms with Crippen molar-refractivity contribution in [3.63, 3.8) is 0 Å². The largest absolute Gasteiger partial charge is 0.494 e. The van der Waals surface area contributed by atoms with Crippen molar-refractivity contribution in [1.29, 1.82) is 0 Å². The normalized spacial score (nSPS) is 9.65. The maximum absolute atomic E-state index is 10.4. The second-order valence-electron chi connectivity index (χ2n) is 3.30. The van der Waals surface area contributed by atoms with E-state index in [0.29, 0.717) is 30.8 Å². The Morgan fingerprint density at radius 1 is 1.18 bits per heavy atom. The van der Waals surface area contributed by atoms with Gasteiger partial charge in [-0.15, -0.1) is 10.1 Å². The zero-order valence-electron chi connectivity index (χ0n) is 9.20. The third-order valence-corrected chi connectivity index (χ3v) is 2.02. The third kappa shape index (κ3) is 5.50. The zero-order chi connectivity index (χ0) is 12.5. The Morgan fingerprint density at radius 3 is 2.41 bits per heavy atom. The van der Waals surface area contributed by atoms with Crippen LogP contribution in [0.2, 0.25) is 0 Å². The van der Waals surface area contributed by atoms with E-state index in [1.165, 1.54) is 0 Å². The molecule has 92 valence electrons. The Bertz CT molecular complexity index is 363. The minimum absolute atomic E-state index is 0.0838. The summed E-state index contributed by atoms with van der Waals surface area (Å²) in [5.74, 6) is 0.672. The highest BCUT2D eigenvalue weighted by Crippen LogP contribution is 2.11. The smallest absolute Gasteiger partial charge is 0.294 e. The van der Waals surface area contributed by atoms with Crippen molar-refractivity contribution in [3.05, 3.63) is 39.9 Å². The molecule has 0 saturated carbocycles. The van der Waals surface area contributed by atoms with Gasteiger partial charge in [-0.2, -0.15) is 0 Å². The van der Waals surface area contributed by atoms with E-state index in [1.807, 2.05) is 0 Å². The van der Waals surface area contributed by atoms with Gasteiger partial charge in [-0.05, 0) is 37.1 Å². The quantitative estimate of drug-likeness (QED) is 0.299. The van der Waals surface area contributed by atoms with Gasteiger partial charge in [-0.1, -0.05) is 0 Å². The molecule has 0 aliphatic rings. The highest BCUT2D eigenvalue weighted by Gasteiger charge is 1.97. The summed E-state index contributed by atoms with van der Waals surface area (Å²) < 4.78 is 5.37. The van der Waals surface area contributed by atoms with Gasteiger partial charge in [0.2, 0.25) is 0 Å². The monoisotopic (exact) mass is 239 g/mol. The highest BCUT2D eigenvalue weighted by atomic mass is 16.9. The fourth-order valence-electron chi connectivity index (χ4n) is 1.18. The highest BCUT2D eigenvalue weighted by molar-refractivity contribution is 5.74. The number of rotatable bonds is 8. The Morgan fingerprint density at radius 2 is 1.82 bits per heavy atom. The predicted molar refractivity (Wildman–Crippen MR) is 59.5 cm³/mol. The molecule has 1 aromatic rings. The Labute approximate surface area is 98.3 Å². The molecule has 6 nitrogen and oxygen atoms in total. The van der Waals surface area contributed by atoms with Crippen molar-refractivity contribution in [2.24, 2.45) is 0 Å². The summed E-state index contributed by atoms with van der Waals surface area (Å²) in [7, 11) is 0. The Hall–Kier alpha value is -2.11. The van der Waals surface area contributed by atoms with E-state index < -0.39 is 5.09 Å². The number of ether oxygens (including phenoxy) is 1. The average Bonchev–Trinajstić information content (AvgIpc) is 2.34. The fraction of sp³-hybridized carbons (Fsp3) is 0.364. The minimum Gasteiger partial charge on any atom is -0.494 e. The Balaban J connectivity index is 2.13. The van der Waals surface area contributed by atoms with Crippen LogP contribution in [-0.2, 0) is 4.84 Å². The number of unbranched alkanes of at least 4 members (excludes halogenated alkanes) is 1. The van der Waals surface area contributed by atoms with Gasteiger partial charge in [0.05, 0.1) is 13.2 Å². The lowest BCUT2D eigenvalue weighted by atomic mass is 10.2. The maximum atomic E-state index is 10.4. The van der Waals surface area contributed by atoms with Crippen LogP contribution in [0, 0.1) is 10.1 Å². The molecule has 0 amide bonds. The van der Waals surface area contributed by atoms with Gasteiger partial charge >= 0.3 is 0 Å². The molecule has 0 heterocycles. The summed E-state index contributed by atoms with van der Waals surface area (Å²) in [5.41, 5.74) is 0.594. The molecule has 6 heteroatoms. The van der Waals surface area contributed by atoms with Crippen molar-refractivity contribution >= 4 is 6.29 Å². The van der Waals surface area contributed by atoms with Gasteiger partial charge in [0.25, 0.3) is 5.09 Å². The van der Waals surface area contributed by atoms with Gasteiger partial charge in [-0.25, -0.2) is 0 Å². The van der Waals surface area contributed by atoms with E-state index in [0.717, 1.165) is 6.29 Å². The standard InChI is InChI=1S/C11H13NO5/c13-9-10-3-5-11(6-4-10)16-7-1-2-8-17-12(14)15/h3-6,9H,1-2,7-8H2. The number of hydrogen-bond acceptors (Lipinski definition) is 5. The molecule has 0 atom stereocenters. The molecule has 0 aromatic heterocycles. The lowest BCUT2D eigenvalue weighted by Crippen LogP contribution is -2.04. The molecule has 0 fully saturated rings. The molecule has 17 heavy (non-hydrogen) atoms. The molecule has 0 unspecified atom stereocenters. The summed E-state index contributed by atoms with van der Waals surface area (Å²) in [6.45, 7) is 0.544. The SMILES string of the molecule is O=Cc1ccc(OCCCCO[N+](=O)[O-])cc1. The van der Waals surface area contributed by atoms with Gasteiger partial charge in [0.15, 0.2) is 0 Å². The van der Waals surface area contributed by atoms with Crippen molar-refractivity contribution in [3.8, 4) is 5.75 Å². The fourth-order valence-corrected chi connectivity index (χ4v) is 1.18. The molecule has 0 spiro atoms. The van der Waals surface area contributed by atoms with Crippen molar-refractivity contribution in [1.82, 2.24) is 0 Å². The third-order valence-electron chi connectivity index (χ3n) is 2.02. The molecule has 0 bridgehead atoms. The van der Waals surface area contributed by atoms with Crippen molar-refractivity contribution in [2.45, 2.75) is 12.8 Å². The van der Waals surface area contributed by atoms with Gasteiger partial charge in [0, 0.05) is 5.56 Å². The Kier molecular flexibility index (Phi) is 5.50. The summed E-state index contributed by atoms with van der Waals surface area (Å²) >= 11 is 0. The number of carbonyl (C=O) groups is 1. The summed E-state index contributed by atoms with van der Waals surface area (Å²) in [6, 6.07) is 6.74. The molecule has 0 N–H and O–H groups in total. The number of nitrogens with zero attached hydrogens (tertiary/aromatic N) is 1. The van der Waals surface area contributed by atoms with E-state index >= 15 is 0 Å². The van der Waals surface area contributed by atoms with E-state index in [9.17, 15) is 14.9 Å². The van der Waals surface area contributed by atoms with E-state index in [2.05, 4.69) is 4.84 Å². The molecule has 0 aliphatic heterocycles. The molecule has 0 radical (unpaired) electrons. The van der Waals surface area contributed by atoms with Gasteiger partial charge < -0.3 is 9.57 Å². The van der Waals surface area contributed by atoms with Crippen molar-refractivity contribution in [2.75, 3.05) is 13.2 Å². The van der Waals surface area contributed by atoms with E-state index in [1.54, 1.807) is 24.3 Å². The topological polar surface area (TPSA) is 78.7 Å². The van der Waals surface area contributed by atoms with Crippen LogP contribution in [0.3, 0.4) is 0 Å². The first-order valence-corrected chi connectivity index (χ1v) is 5.17. The molecular formula is C11H13NO5. The van der Waals surface area contributed by atoms with Gasteiger partial charge in [-0.3, -0.25) is 4.79 Å². The number of aldehydes is 1. The zero-order valence-corrected chi connectivity index (χ0v) is 9.20. The van der Waals surface area contributed by atoms with Gasteiger partial charge in [0.1, 0.15) is 12.0 Å². The second-order valence-corrected chi connectivity index (χ2v) is 3.30. The number of hydrogen-bond donors (Lipinski definition) is 0. The first kappa shape index (κ1) is 13.0. The second kappa shape index (κ2) is 7.21. The summed E-state index contributed by atoms with van der Waals surface area (Å²) in [5, 5.41) is 9.03. The van der Waals surface area contributed by atoms with Crippen LogP contribution in [0.4, 0.5) is 0 Å². The molecular weight excluding hydrogens is 226 g/mol. The van der Waals surface area contributed by atoms with Crippen LogP contribution in [0.15, 0.2) is 24.3 Å². The number of benzene rings is 1. The lowest BCUT2D eigenvalue weighted by Gasteiger charge is -2.05. The number of carbonyl (C=O) groups excluding carboxylic acids is 1. The first-order chi connectivity index (χ1) is 8.22. The van der Waals surface area contributed by atoms with Crippen LogP contribution in [0.25, 0.3) is 0 Å². The van der Waals surface area contributed by atoms with Crippen LogP contribution in [-0.4, -0.2) is 24.6 Å².